The van der Waals surface area contributed by atoms with Crippen molar-refractivity contribution in [3.63, 3.8) is 0 Å². The van der Waals surface area contributed by atoms with Crippen LogP contribution >= 0.6 is 0 Å². The van der Waals surface area contributed by atoms with Crippen molar-refractivity contribution in [2.75, 3.05) is 13.7 Å². The Morgan fingerprint density at radius 1 is 1.50 bits per heavy atom. The van der Waals surface area contributed by atoms with Crippen LogP contribution in [0.3, 0.4) is 0 Å². The maximum atomic E-state index is 9.09. The number of aliphatic hydroxyl groups excluding tert-OH is 1. The summed E-state index contributed by atoms with van der Waals surface area (Å²) in [5.74, 6) is 0. The van der Waals surface area contributed by atoms with E-state index in [-0.39, 0.29) is 12.6 Å². The van der Waals surface area contributed by atoms with Crippen molar-refractivity contribution in [3.8, 4) is 0 Å². The van der Waals surface area contributed by atoms with Crippen molar-refractivity contribution >= 4 is 0 Å². The van der Waals surface area contributed by atoms with E-state index >= 15 is 0 Å². The highest BCUT2D eigenvalue weighted by Crippen LogP contribution is 2.21. The van der Waals surface area contributed by atoms with E-state index in [2.05, 4.69) is 12.2 Å². The number of aliphatic hydroxyl groups is 1. The first-order chi connectivity index (χ1) is 6.80. The van der Waals surface area contributed by atoms with Gasteiger partial charge in [0.15, 0.2) is 0 Å². The van der Waals surface area contributed by atoms with Crippen LogP contribution in [0.4, 0.5) is 0 Å². The van der Waals surface area contributed by atoms with E-state index < -0.39 is 0 Å². The fourth-order valence-electron chi connectivity index (χ4n) is 2.14. The number of hydrogen-bond donors (Lipinski definition) is 2. The summed E-state index contributed by atoms with van der Waals surface area (Å²) >= 11 is 0. The molecule has 0 radical (unpaired) electrons. The molecule has 3 atom stereocenters. The van der Waals surface area contributed by atoms with Crippen LogP contribution in [0.25, 0.3) is 0 Å². The van der Waals surface area contributed by atoms with Gasteiger partial charge in [0.25, 0.3) is 0 Å². The maximum absolute atomic E-state index is 9.09. The molecule has 0 saturated heterocycles. The smallest absolute Gasteiger partial charge is 0.0586 e. The summed E-state index contributed by atoms with van der Waals surface area (Å²) in [6.45, 7) is 2.34. The fraction of sp³-hybridized carbons (Fsp3) is 1.00. The zero-order valence-corrected chi connectivity index (χ0v) is 9.33. The number of ether oxygens (including phenoxy) is 1. The van der Waals surface area contributed by atoms with Gasteiger partial charge in [-0.2, -0.15) is 0 Å². The highest BCUT2D eigenvalue weighted by atomic mass is 16.5. The zero-order valence-electron chi connectivity index (χ0n) is 9.33. The molecule has 84 valence electrons. The lowest BCUT2D eigenvalue weighted by Gasteiger charge is -2.31. The molecule has 0 bridgehead atoms. The first kappa shape index (κ1) is 12.0. The van der Waals surface area contributed by atoms with E-state index in [0.29, 0.717) is 12.1 Å². The Kier molecular flexibility index (Phi) is 5.45. The van der Waals surface area contributed by atoms with Gasteiger partial charge < -0.3 is 15.2 Å². The lowest BCUT2D eigenvalue weighted by molar-refractivity contribution is 0.0548. The molecule has 0 amide bonds. The Morgan fingerprint density at radius 2 is 2.29 bits per heavy atom. The molecule has 1 rings (SSSR count). The van der Waals surface area contributed by atoms with E-state index in [0.717, 1.165) is 12.8 Å². The molecule has 3 heteroatoms. The van der Waals surface area contributed by atoms with E-state index in [1.54, 1.807) is 7.11 Å². The largest absolute Gasteiger partial charge is 0.395 e. The third-order valence-electron chi connectivity index (χ3n) is 3.14. The molecule has 3 nitrogen and oxygen atoms in total. The molecular formula is C11H23NO2. The highest BCUT2D eigenvalue weighted by molar-refractivity contribution is 4.80. The summed E-state index contributed by atoms with van der Waals surface area (Å²) in [4.78, 5) is 0. The van der Waals surface area contributed by atoms with Gasteiger partial charge in [-0.15, -0.1) is 0 Å². The molecule has 0 aromatic heterocycles. The van der Waals surface area contributed by atoms with E-state index in [1.165, 1.54) is 19.3 Å². The molecule has 0 spiro atoms. The Labute approximate surface area is 86.8 Å². The molecule has 0 heterocycles. The van der Waals surface area contributed by atoms with Gasteiger partial charge in [0.2, 0.25) is 0 Å². The van der Waals surface area contributed by atoms with Gasteiger partial charge in [-0.1, -0.05) is 6.92 Å². The Hall–Kier alpha value is -0.120. The molecule has 1 fully saturated rings. The molecule has 3 unspecified atom stereocenters. The minimum atomic E-state index is 0.241. The van der Waals surface area contributed by atoms with Crippen LogP contribution < -0.4 is 5.32 Å². The van der Waals surface area contributed by atoms with Gasteiger partial charge in [0, 0.05) is 19.2 Å². The number of nitrogens with one attached hydrogen (secondary N) is 1. The number of rotatable bonds is 5. The van der Waals surface area contributed by atoms with Crippen LogP contribution in [0.2, 0.25) is 0 Å². The lowest BCUT2D eigenvalue weighted by Crippen LogP contribution is -2.43. The van der Waals surface area contributed by atoms with Crippen molar-refractivity contribution in [1.29, 1.82) is 0 Å². The average molecular weight is 201 g/mol. The third kappa shape index (κ3) is 3.56. The Morgan fingerprint density at radius 3 is 2.86 bits per heavy atom. The molecule has 1 saturated carbocycles. The predicted octanol–water partition coefficient (Wildman–Crippen LogP) is 1.30. The molecule has 0 aromatic carbocycles. The first-order valence-corrected chi connectivity index (χ1v) is 5.69. The van der Waals surface area contributed by atoms with Crippen molar-refractivity contribution in [2.24, 2.45) is 0 Å². The summed E-state index contributed by atoms with van der Waals surface area (Å²) in [6.07, 6.45) is 6.13. The third-order valence-corrected chi connectivity index (χ3v) is 3.14. The molecule has 2 N–H and O–H groups in total. The van der Waals surface area contributed by atoms with Gasteiger partial charge in [-0.25, -0.2) is 0 Å². The van der Waals surface area contributed by atoms with Crippen LogP contribution in [0, 0.1) is 0 Å². The lowest BCUT2D eigenvalue weighted by atomic mass is 9.92. The van der Waals surface area contributed by atoms with Gasteiger partial charge >= 0.3 is 0 Å². The van der Waals surface area contributed by atoms with Crippen LogP contribution in [-0.2, 0) is 4.74 Å². The van der Waals surface area contributed by atoms with Crippen molar-refractivity contribution < 1.29 is 9.84 Å². The molecule has 1 aliphatic rings. The number of hydrogen-bond acceptors (Lipinski definition) is 3. The second-order valence-electron chi connectivity index (χ2n) is 4.18. The van der Waals surface area contributed by atoms with Gasteiger partial charge in [0.05, 0.1) is 12.7 Å². The fourth-order valence-corrected chi connectivity index (χ4v) is 2.14. The summed E-state index contributed by atoms with van der Waals surface area (Å²) in [6, 6.07) is 0.793. The summed E-state index contributed by atoms with van der Waals surface area (Å²) in [7, 11) is 1.79. The van der Waals surface area contributed by atoms with E-state index in [9.17, 15) is 0 Å². The standard InChI is InChI=1S/C11H23NO2/c1-3-9(8-13)12-10-5-4-6-11(7-10)14-2/h9-13H,3-8H2,1-2H3. The van der Waals surface area contributed by atoms with Crippen molar-refractivity contribution in [1.82, 2.24) is 5.32 Å². The van der Waals surface area contributed by atoms with Crippen LogP contribution in [0.5, 0.6) is 0 Å². The predicted molar refractivity (Wildman–Crippen MR) is 57.4 cm³/mol. The van der Waals surface area contributed by atoms with Gasteiger partial charge in [0.1, 0.15) is 0 Å². The quantitative estimate of drug-likeness (QED) is 0.704. The normalized spacial score (nSPS) is 30.2. The van der Waals surface area contributed by atoms with Crippen LogP contribution in [0.15, 0.2) is 0 Å². The SMILES string of the molecule is CCC(CO)NC1CCCC(OC)C1. The molecule has 0 aliphatic heterocycles. The zero-order chi connectivity index (χ0) is 10.4. The second-order valence-corrected chi connectivity index (χ2v) is 4.18. The molecule has 0 aromatic rings. The Balaban J connectivity index is 2.29. The van der Waals surface area contributed by atoms with Crippen LogP contribution in [-0.4, -0.2) is 37.0 Å². The second kappa shape index (κ2) is 6.38. The molecule has 1 aliphatic carbocycles. The highest BCUT2D eigenvalue weighted by Gasteiger charge is 2.22. The minimum absolute atomic E-state index is 0.241. The Bertz CT molecular complexity index is 148. The minimum Gasteiger partial charge on any atom is -0.395 e. The number of methoxy groups -OCH3 is 1. The summed E-state index contributed by atoms with van der Waals surface area (Å²) in [5.41, 5.74) is 0. The van der Waals surface area contributed by atoms with Gasteiger partial charge in [-0.05, 0) is 32.1 Å². The molecule has 14 heavy (non-hydrogen) atoms. The monoisotopic (exact) mass is 201 g/mol. The summed E-state index contributed by atoms with van der Waals surface area (Å²) < 4.78 is 5.37. The topological polar surface area (TPSA) is 41.5 Å². The maximum Gasteiger partial charge on any atom is 0.0586 e. The van der Waals surface area contributed by atoms with Crippen LogP contribution in [0.1, 0.15) is 39.0 Å². The van der Waals surface area contributed by atoms with E-state index in [4.69, 9.17) is 9.84 Å². The van der Waals surface area contributed by atoms with Crippen molar-refractivity contribution in [3.05, 3.63) is 0 Å². The average Bonchev–Trinajstić information content (AvgIpc) is 2.26. The first-order valence-electron chi connectivity index (χ1n) is 5.69. The summed E-state index contributed by atoms with van der Waals surface area (Å²) in [5, 5.41) is 12.6. The van der Waals surface area contributed by atoms with Crippen molar-refractivity contribution in [2.45, 2.75) is 57.2 Å². The van der Waals surface area contributed by atoms with Gasteiger partial charge in [-0.3, -0.25) is 0 Å². The van der Waals surface area contributed by atoms with E-state index in [1.807, 2.05) is 0 Å². The molecular weight excluding hydrogens is 178 g/mol.